The van der Waals surface area contributed by atoms with Gasteiger partial charge >= 0.3 is 5.97 Å². The van der Waals surface area contributed by atoms with Crippen LogP contribution in [0.25, 0.3) is 11.1 Å². The molecular weight excluding hydrogens is 322 g/mol. The van der Waals surface area contributed by atoms with Crippen molar-refractivity contribution in [1.82, 2.24) is 4.98 Å². The zero-order valence-electron chi connectivity index (χ0n) is 10.6. The highest BCUT2D eigenvalue weighted by Crippen LogP contribution is 2.23. The first kappa shape index (κ1) is 12.9. The van der Waals surface area contributed by atoms with Crippen LogP contribution in [0.5, 0.6) is 5.75 Å². The minimum absolute atomic E-state index is 0.419. The van der Waals surface area contributed by atoms with E-state index in [2.05, 4.69) is 20.9 Å². The summed E-state index contributed by atoms with van der Waals surface area (Å²) in [6.07, 6.45) is 0. The number of esters is 1. The van der Waals surface area contributed by atoms with Gasteiger partial charge in [0.15, 0.2) is 11.5 Å². The molecular formula is C15H10BrNO3. The molecule has 0 amide bonds. The van der Waals surface area contributed by atoms with Crippen molar-refractivity contribution < 1.29 is 13.9 Å². The van der Waals surface area contributed by atoms with E-state index in [9.17, 15) is 4.79 Å². The number of carbonyl (C=O) groups is 1. The lowest BCUT2D eigenvalue weighted by molar-refractivity contribution is 0.0734. The Morgan fingerprint density at radius 2 is 2.05 bits per heavy atom. The van der Waals surface area contributed by atoms with E-state index in [1.54, 1.807) is 43.3 Å². The number of aryl methyl sites for hydroxylation is 1. The van der Waals surface area contributed by atoms with Crippen molar-refractivity contribution in [3.05, 3.63) is 58.4 Å². The number of ether oxygens (including phenoxy) is 1. The standard InChI is InChI=1S/C15H10BrNO3/c1-9-17-13-8-10(6-7-14(13)19-9)20-15(18)11-4-2-3-5-12(11)16/h2-8H,1H3. The van der Waals surface area contributed by atoms with Crippen LogP contribution < -0.4 is 4.74 Å². The summed E-state index contributed by atoms with van der Waals surface area (Å²) in [7, 11) is 0. The van der Waals surface area contributed by atoms with Gasteiger partial charge in [-0.05, 0) is 40.2 Å². The van der Waals surface area contributed by atoms with E-state index in [-0.39, 0.29) is 0 Å². The molecule has 1 heterocycles. The summed E-state index contributed by atoms with van der Waals surface area (Å²) in [6.45, 7) is 1.77. The fourth-order valence-electron chi connectivity index (χ4n) is 1.87. The molecule has 0 N–H and O–H groups in total. The number of aromatic nitrogens is 1. The molecule has 100 valence electrons. The molecule has 0 radical (unpaired) electrons. The summed E-state index contributed by atoms with van der Waals surface area (Å²) in [5.74, 6) is 0.595. The molecule has 0 aliphatic heterocycles. The number of halogens is 1. The minimum Gasteiger partial charge on any atom is -0.441 e. The first-order chi connectivity index (χ1) is 9.63. The van der Waals surface area contributed by atoms with Gasteiger partial charge in [0.05, 0.1) is 5.56 Å². The summed E-state index contributed by atoms with van der Waals surface area (Å²) in [5.41, 5.74) is 1.81. The van der Waals surface area contributed by atoms with Crippen LogP contribution in [0.3, 0.4) is 0 Å². The number of benzene rings is 2. The van der Waals surface area contributed by atoms with Gasteiger partial charge in [-0.25, -0.2) is 9.78 Å². The van der Waals surface area contributed by atoms with Gasteiger partial charge in [-0.3, -0.25) is 0 Å². The Hall–Kier alpha value is -2.14. The van der Waals surface area contributed by atoms with Gasteiger partial charge in [0.25, 0.3) is 0 Å². The third kappa shape index (κ3) is 2.44. The Morgan fingerprint density at radius 3 is 2.85 bits per heavy atom. The van der Waals surface area contributed by atoms with Crippen LogP contribution in [0.4, 0.5) is 0 Å². The monoisotopic (exact) mass is 331 g/mol. The van der Waals surface area contributed by atoms with Crippen LogP contribution >= 0.6 is 15.9 Å². The number of hydrogen-bond acceptors (Lipinski definition) is 4. The maximum absolute atomic E-state index is 12.1. The molecule has 0 saturated carbocycles. The molecule has 0 fully saturated rings. The molecule has 2 aromatic carbocycles. The van der Waals surface area contributed by atoms with E-state index in [0.29, 0.717) is 32.8 Å². The van der Waals surface area contributed by atoms with E-state index in [1.165, 1.54) is 0 Å². The highest BCUT2D eigenvalue weighted by molar-refractivity contribution is 9.10. The smallest absolute Gasteiger partial charge is 0.344 e. The van der Waals surface area contributed by atoms with Crippen LogP contribution in [0.15, 0.2) is 51.4 Å². The van der Waals surface area contributed by atoms with Crippen LogP contribution in [-0.4, -0.2) is 11.0 Å². The molecule has 0 unspecified atom stereocenters. The molecule has 3 rings (SSSR count). The van der Waals surface area contributed by atoms with E-state index in [1.807, 2.05) is 6.07 Å². The molecule has 5 heteroatoms. The zero-order valence-corrected chi connectivity index (χ0v) is 12.2. The van der Waals surface area contributed by atoms with Crippen LogP contribution in [0.2, 0.25) is 0 Å². The van der Waals surface area contributed by atoms with Crippen molar-refractivity contribution in [3.63, 3.8) is 0 Å². The average Bonchev–Trinajstić information content (AvgIpc) is 2.78. The molecule has 0 bridgehead atoms. The summed E-state index contributed by atoms with van der Waals surface area (Å²) < 4.78 is 11.4. The van der Waals surface area contributed by atoms with Gasteiger partial charge < -0.3 is 9.15 Å². The second-order valence-corrected chi connectivity index (χ2v) is 5.09. The number of nitrogens with zero attached hydrogens (tertiary/aromatic N) is 1. The normalized spacial score (nSPS) is 10.7. The van der Waals surface area contributed by atoms with E-state index >= 15 is 0 Å². The second kappa shape index (κ2) is 5.09. The van der Waals surface area contributed by atoms with Gasteiger partial charge in [0.2, 0.25) is 0 Å². The molecule has 3 aromatic rings. The Labute approximate surface area is 123 Å². The lowest BCUT2D eigenvalue weighted by Crippen LogP contribution is -2.09. The molecule has 1 aromatic heterocycles. The minimum atomic E-state index is -0.419. The molecule has 0 spiro atoms. The summed E-state index contributed by atoms with van der Waals surface area (Å²) in [5, 5.41) is 0. The number of carbonyl (C=O) groups excluding carboxylic acids is 1. The summed E-state index contributed by atoms with van der Waals surface area (Å²) >= 11 is 3.33. The number of hydrogen-bond donors (Lipinski definition) is 0. The van der Waals surface area contributed by atoms with Gasteiger partial charge in [-0.1, -0.05) is 12.1 Å². The molecule has 20 heavy (non-hydrogen) atoms. The van der Waals surface area contributed by atoms with Gasteiger partial charge in [-0.15, -0.1) is 0 Å². The third-order valence-corrected chi connectivity index (χ3v) is 3.46. The first-order valence-electron chi connectivity index (χ1n) is 5.97. The number of rotatable bonds is 2. The van der Waals surface area contributed by atoms with Crippen molar-refractivity contribution in [2.75, 3.05) is 0 Å². The fourth-order valence-corrected chi connectivity index (χ4v) is 2.32. The van der Waals surface area contributed by atoms with Gasteiger partial charge in [0.1, 0.15) is 11.3 Å². The quantitative estimate of drug-likeness (QED) is 0.523. The van der Waals surface area contributed by atoms with Crippen molar-refractivity contribution >= 4 is 33.0 Å². The molecule has 0 aliphatic carbocycles. The van der Waals surface area contributed by atoms with E-state index in [4.69, 9.17) is 9.15 Å². The first-order valence-corrected chi connectivity index (χ1v) is 6.77. The average molecular weight is 332 g/mol. The fraction of sp³-hybridized carbons (Fsp3) is 0.0667. The van der Waals surface area contributed by atoms with Crippen LogP contribution in [0.1, 0.15) is 16.2 Å². The van der Waals surface area contributed by atoms with Crippen molar-refractivity contribution in [2.24, 2.45) is 0 Å². The lowest BCUT2D eigenvalue weighted by atomic mass is 10.2. The van der Waals surface area contributed by atoms with Crippen molar-refractivity contribution in [2.45, 2.75) is 6.92 Å². The molecule has 0 atom stereocenters. The Kier molecular flexibility index (Phi) is 3.28. The van der Waals surface area contributed by atoms with E-state index < -0.39 is 5.97 Å². The third-order valence-electron chi connectivity index (χ3n) is 2.77. The Morgan fingerprint density at radius 1 is 1.25 bits per heavy atom. The second-order valence-electron chi connectivity index (χ2n) is 4.23. The Bertz CT molecular complexity index is 795. The maximum atomic E-state index is 12.1. The summed E-state index contributed by atoms with van der Waals surface area (Å²) in [6, 6.07) is 12.2. The molecule has 0 aliphatic rings. The van der Waals surface area contributed by atoms with Crippen molar-refractivity contribution in [3.8, 4) is 5.75 Å². The Balaban J connectivity index is 1.89. The highest BCUT2D eigenvalue weighted by atomic mass is 79.9. The van der Waals surface area contributed by atoms with Crippen molar-refractivity contribution in [1.29, 1.82) is 0 Å². The predicted octanol–water partition coefficient (Wildman–Crippen LogP) is 4.12. The SMILES string of the molecule is Cc1nc2cc(OC(=O)c3ccccc3Br)ccc2o1. The molecule has 4 nitrogen and oxygen atoms in total. The van der Waals surface area contributed by atoms with Crippen LogP contribution in [-0.2, 0) is 0 Å². The van der Waals surface area contributed by atoms with Gasteiger partial charge in [0, 0.05) is 17.5 Å². The topological polar surface area (TPSA) is 52.3 Å². The number of oxazole rings is 1. The van der Waals surface area contributed by atoms with Crippen LogP contribution in [0, 0.1) is 6.92 Å². The largest absolute Gasteiger partial charge is 0.441 e. The highest BCUT2D eigenvalue weighted by Gasteiger charge is 2.13. The maximum Gasteiger partial charge on any atom is 0.344 e. The predicted molar refractivity (Wildman–Crippen MR) is 77.8 cm³/mol. The van der Waals surface area contributed by atoms with Gasteiger partial charge in [-0.2, -0.15) is 0 Å². The lowest BCUT2D eigenvalue weighted by Gasteiger charge is -2.05. The number of fused-ring (bicyclic) bond motifs is 1. The van der Waals surface area contributed by atoms with E-state index in [0.717, 1.165) is 0 Å². The summed E-state index contributed by atoms with van der Waals surface area (Å²) in [4.78, 5) is 16.3. The molecule has 0 saturated heterocycles. The zero-order chi connectivity index (χ0) is 14.1.